The van der Waals surface area contributed by atoms with Crippen LogP contribution in [0.3, 0.4) is 0 Å². The second kappa shape index (κ2) is 9.75. The molecule has 0 atom stereocenters. The first kappa shape index (κ1) is 21.2. The van der Waals surface area contributed by atoms with Crippen molar-refractivity contribution in [2.45, 2.75) is 64.3 Å². The van der Waals surface area contributed by atoms with Crippen molar-refractivity contribution in [3.8, 4) is 0 Å². The fraction of sp³-hybridized carbons (Fsp3) is 0.714. The molecule has 0 aliphatic carbocycles. The maximum atomic E-state index is 12.1. The maximum absolute atomic E-state index is 12.1. The number of hydrogen-bond donors (Lipinski definition) is 0. The smallest absolute Gasteiger partial charge is 0.178 e. The average molecular weight is 381 g/mol. The summed E-state index contributed by atoms with van der Waals surface area (Å²) < 4.78 is 24.2. The van der Waals surface area contributed by atoms with Gasteiger partial charge in [0, 0.05) is 24.8 Å². The normalized spacial score (nSPS) is 20.5. The number of benzene rings is 1. The Morgan fingerprint density at radius 1 is 1.00 bits per heavy atom. The Kier molecular flexibility index (Phi) is 7.96. The number of nitrogens with zero attached hydrogens (tertiary/aromatic N) is 2. The number of anilines is 1. The standard InChI is InChI=1S/C19H30N2O2S.C2H6/c1-3-24(22,23)19-6-4-5-18(15-19)21-13-9-17(10-14-21)20-11-7-16(2)8-12-20;1-2/h4-6,15-17H,3,7-14H2,1-2H3;1-2H3. The summed E-state index contributed by atoms with van der Waals surface area (Å²) in [5.74, 6) is 1.04. The van der Waals surface area contributed by atoms with Crippen molar-refractivity contribution in [3.05, 3.63) is 24.3 Å². The van der Waals surface area contributed by atoms with E-state index >= 15 is 0 Å². The lowest BCUT2D eigenvalue weighted by Gasteiger charge is -2.42. The third-order valence-corrected chi connectivity index (χ3v) is 7.45. The summed E-state index contributed by atoms with van der Waals surface area (Å²) in [4.78, 5) is 5.47. The molecule has 2 aliphatic heterocycles. The van der Waals surface area contributed by atoms with E-state index in [0.29, 0.717) is 10.9 Å². The molecule has 3 rings (SSSR count). The van der Waals surface area contributed by atoms with E-state index in [0.717, 1.165) is 24.7 Å². The Balaban J connectivity index is 0.00000117. The fourth-order valence-electron chi connectivity index (χ4n) is 3.92. The molecule has 0 aromatic heterocycles. The molecule has 2 saturated heterocycles. The van der Waals surface area contributed by atoms with Gasteiger partial charge in [-0.2, -0.15) is 0 Å². The van der Waals surface area contributed by atoms with Crippen molar-refractivity contribution < 1.29 is 8.42 Å². The minimum absolute atomic E-state index is 0.159. The van der Waals surface area contributed by atoms with E-state index < -0.39 is 9.84 Å². The molecule has 5 heteroatoms. The molecule has 2 fully saturated rings. The summed E-state index contributed by atoms with van der Waals surface area (Å²) in [6.07, 6.45) is 5.02. The predicted octanol–water partition coefficient (Wildman–Crippen LogP) is 4.21. The van der Waals surface area contributed by atoms with Gasteiger partial charge in [-0.3, -0.25) is 0 Å². The highest BCUT2D eigenvalue weighted by Gasteiger charge is 2.27. The maximum Gasteiger partial charge on any atom is 0.178 e. The van der Waals surface area contributed by atoms with Gasteiger partial charge in [0.1, 0.15) is 0 Å². The molecule has 2 heterocycles. The Bertz CT molecular complexity index is 644. The Hall–Kier alpha value is -1.07. The molecule has 2 aliphatic rings. The van der Waals surface area contributed by atoms with Gasteiger partial charge >= 0.3 is 0 Å². The van der Waals surface area contributed by atoms with Gasteiger partial charge in [-0.15, -0.1) is 0 Å². The second-order valence-electron chi connectivity index (χ2n) is 7.34. The molecule has 0 N–H and O–H groups in total. The van der Waals surface area contributed by atoms with Gasteiger partial charge in [-0.05, 0) is 62.9 Å². The molecule has 4 nitrogen and oxygen atoms in total. The molecule has 0 radical (unpaired) electrons. The number of piperidine rings is 2. The summed E-state index contributed by atoms with van der Waals surface area (Å²) in [6, 6.07) is 8.18. The minimum Gasteiger partial charge on any atom is -0.371 e. The third-order valence-electron chi connectivity index (χ3n) is 5.72. The zero-order valence-electron chi connectivity index (χ0n) is 16.9. The van der Waals surface area contributed by atoms with E-state index in [1.807, 2.05) is 32.0 Å². The van der Waals surface area contributed by atoms with Crippen molar-refractivity contribution >= 4 is 15.5 Å². The molecular formula is C21H36N2O2S. The average Bonchev–Trinajstić information content (AvgIpc) is 2.70. The van der Waals surface area contributed by atoms with Crippen LogP contribution in [0.4, 0.5) is 5.69 Å². The van der Waals surface area contributed by atoms with Crippen molar-refractivity contribution in [2.75, 3.05) is 36.8 Å². The Labute approximate surface area is 160 Å². The first-order chi connectivity index (χ1) is 12.5. The zero-order valence-corrected chi connectivity index (χ0v) is 17.8. The van der Waals surface area contributed by atoms with Gasteiger partial charge in [-0.1, -0.05) is 33.8 Å². The van der Waals surface area contributed by atoms with Gasteiger partial charge in [0.2, 0.25) is 0 Å². The summed E-state index contributed by atoms with van der Waals surface area (Å²) in [5, 5.41) is 0. The van der Waals surface area contributed by atoms with Gasteiger partial charge in [0.05, 0.1) is 10.6 Å². The summed E-state index contributed by atoms with van der Waals surface area (Å²) in [6.45, 7) is 12.6. The van der Waals surface area contributed by atoms with Crippen LogP contribution in [0.15, 0.2) is 29.2 Å². The highest BCUT2D eigenvalue weighted by atomic mass is 32.2. The fourth-order valence-corrected chi connectivity index (χ4v) is 4.84. The number of hydrogen-bond acceptors (Lipinski definition) is 4. The summed E-state index contributed by atoms with van der Waals surface area (Å²) in [5.41, 5.74) is 1.05. The molecule has 1 aromatic rings. The van der Waals surface area contributed by atoms with Crippen LogP contribution in [0.25, 0.3) is 0 Å². The zero-order chi connectivity index (χ0) is 19.2. The molecule has 26 heavy (non-hydrogen) atoms. The first-order valence-corrected chi connectivity index (χ1v) is 12.0. The van der Waals surface area contributed by atoms with E-state index in [4.69, 9.17) is 0 Å². The van der Waals surface area contributed by atoms with Crippen LogP contribution in [-0.4, -0.2) is 51.3 Å². The molecular weight excluding hydrogens is 344 g/mol. The van der Waals surface area contributed by atoms with Crippen molar-refractivity contribution in [3.63, 3.8) is 0 Å². The Morgan fingerprint density at radius 2 is 1.62 bits per heavy atom. The second-order valence-corrected chi connectivity index (χ2v) is 9.62. The van der Waals surface area contributed by atoms with Crippen molar-refractivity contribution in [1.82, 2.24) is 4.90 Å². The van der Waals surface area contributed by atoms with Crippen LogP contribution in [0.1, 0.15) is 53.4 Å². The predicted molar refractivity (Wildman–Crippen MR) is 111 cm³/mol. The van der Waals surface area contributed by atoms with Crippen LogP contribution in [0.5, 0.6) is 0 Å². The lowest BCUT2D eigenvalue weighted by molar-refractivity contribution is 0.120. The van der Waals surface area contributed by atoms with E-state index in [-0.39, 0.29) is 5.75 Å². The van der Waals surface area contributed by atoms with Gasteiger partial charge in [0.25, 0.3) is 0 Å². The summed E-state index contributed by atoms with van der Waals surface area (Å²) in [7, 11) is -3.13. The van der Waals surface area contributed by atoms with Crippen LogP contribution in [0.2, 0.25) is 0 Å². The van der Waals surface area contributed by atoms with Crippen LogP contribution in [-0.2, 0) is 9.84 Å². The van der Waals surface area contributed by atoms with E-state index in [2.05, 4.69) is 16.7 Å². The SMILES string of the molecule is CC.CCS(=O)(=O)c1cccc(N2CCC(N3CCC(C)CC3)CC2)c1. The van der Waals surface area contributed by atoms with Crippen LogP contribution >= 0.6 is 0 Å². The van der Waals surface area contributed by atoms with E-state index in [1.165, 1.54) is 38.8 Å². The van der Waals surface area contributed by atoms with Crippen LogP contribution < -0.4 is 4.90 Å². The minimum atomic E-state index is -3.13. The molecule has 0 amide bonds. The molecule has 0 unspecified atom stereocenters. The third kappa shape index (κ3) is 5.23. The molecule has 0 bridgehead atoms. The summed E-state index contributed by atoms with van der Waals surface area (Å²) >= 11 is 0. The molecule has 1 aromatic carbocycles. The van der Waals surface area contributed by atoms with Gasteiger partial charge in [-0.25, -0.2) is 8.42 Å². The number of rotatable bonds is 4. The van der Waals surface area contributed by atoms with Crippen LogP contribution in [0, 0.1) is 5.92 Å². The molecule has 148 valence electrons. The Morgan fingerprint density at radius 3 is 2.19 bits per heavy atom. The lowest BCUT2D eigenvalue weighted by Crippen LogP contribution is -2.47. The molecule has 0 spiro atoms. The quantitative estimate of drug-likeness (QED) is 0.785. The molecule has 0 saturated carbocycles. The monoisotopic (exact) mass is 380 g/mol. The lowest BCUT2D eigenvalue weighted by atomic mass is 9.95. The largest absolute Gasteiger partial charge is 0.371 e. The van der Waals surface area contributed by atoms with Gasteiger partial charge < -0.3 is 9.80 Å². The van der Waals surface area contributed by atoms with E-state index in [1.54, 1.807) is 13.0 Å². The van der Waals surface area contributed by atoms with E-state index in [9.17, 15) is 8.42 Å². The highest BCUT2D eigenvalue weighted by molar-refractivity contribution is 7.91. The topological polar surface area (TPSA) is 40.6 Å². The number of likely N-dealkylation sites (tertiary alicyclic amines) is 1. The number of sulfone groups is 1. The van der Waals surface area contributed by atoms with Crippen molar-refractivity contribution in [1.29, 1.82) is 0 Å². The highest BCUT2D eigenvalue weighted by Crippen LogP contribution is 2.27. The van der Waals surface area contributed by atoms with Crippen molar-refractivity contribution in [2.24, 2.45) is 5.92 Å². The first-order valence-electron chi connectivity index (χ1n) is 10.3. The van der Waals surface area contributed by atoms with Gasteiger partial charge in [0.15, 0.2) is 9.84 Å².